The third kappa shape index (κ3) is 5.66. The van der Waals surface area contributed by atoms with Crippen molar-refractivity contribution < 1.29 is 21.9 Å². The van der Waals surface area contributed by atoms with Crippen LogP contribution in [0, 0.1) is 0 Å². The fourth-order valence-electron chi connectivity index (χ4n) is 1.96. The summed E-state index contributed by atoms with van der Waals surface area (Å²) in [6, 6.07) is 16.3. The molecule has 0 aliphatic rings. The summed E-state index contributed by atoms with van der Waals surface area (Å²) < 4.78 is 10.6. The molecular weight excluding hydrogens is 286 g/mol. The first-order valence-corrected chi connectivity index (χ1v) is 6.87. The van der Waals surface area contributed by atoms with Crippen LogP contribution in [0.5, 0.6) is 11.5 Å². The third-order valence-electron chi connectivity index (χ3n) is 3.05. The van der Waals surface area contributed by atoms with E-state index in [4.69, 9.17) is 9.47 Å². The van der Waals surface area contributed by atoms with Crippen molar-refractivity contribution in [2.24, 2.45) is 0 Å². The second-order valence-electron chi connectivity index (χ2n) is 4.53. The predicted octanol–water partition coefficient (Wildman–Crippen LogP) is 0.388. The molecule has 1 N–H and O–H groups in total. The van der Waals surface area contributed by atoms with Crippen LogP contribution in [0.1, 0.15) is 18.1 Å². The maximum atomic E-state index is 5.42. The van der Waals surface area contributed by atoms with Gasteiger partial charge in [-0.2, -0.15) is 0 Å². The summed E-state index contributed by atoms with van der Waals surface area (Å²) >= 11 is 0. The van der Waals surface area contributed by atoms with Crippen molar-refractivity contribution >= 4 is 0 Å². The van der Waals surface area contributed by atoms with Gasteiger partial charge < -0.3 is 27.2 Å². The number of hydrogen-bond donors (Lipinski definition) is 1. The summed E-state index contributed by atoms with van der Waals surface area (Å²) in [5.74, 6) is 1.81. The first-order chi connectivity index (χ1) is 9.81. The number of halogens is 1. The molecule has 0 saturated heterocycles. The lowest BCUT2D eigenvalue weighted by Gasteiger charge is -2.07. The van der Waals surface area contributed by atoms with Gasteiger partial charge in [-0.1, -0.05) is 24.3 Å². The lowest BCUT2D eigenvalue weighted by Crippen LogP contribution is -3.00. The molecule has 0 atom stereocenters. The van der Waals surface area contributed by atoms with E-state index in [1.54, 1.807) is 7.11 Å². The Bertz CT molecular complexity index is 511. The fraction of sp³-hybridized carbons (Fsp3) is 0.294. The summed E-state index contributed by atoms with van der Waals surface area (Å²) in [5, 5.41) is 3.43. The topological polar surface area (TPSA) is 30.5 Å². The van der Waals surface area contributed by atoms with Crippen LogP contribution in [-0.4, -0.2) is 13.7 Å². The summed E-state index contributed by atoms with van der Waals surface area (Å²) in [5.41, 5.74) is 2.50. The molecule has 0 aliphatic heterocycles. The Balaban J connectivity index is 0.00000220. The summed E-state index contributed by atoms with van der Waals surface area (Å²) in [4.78, 5) is 0. The largest absolute Gasteiger partial charge is 1.00 e. The fourth-order valence-corrected chi connectivity index (χ4v) is 1.96. The van der Waals surface area contributed by atoms with E-state index in [0.717, 1.165) is 24.6 Å². The Hall–Kier alpha value is -1.71. The van der Waals surface area contributed by atoms with Crippen LogP contribution in [0.15, 0.2) is 48.5 Å². The van der Waals surface area contributed by atoms with Crippen molar-refractivity contribution in [1.29, 1.82) is 0 Å². The van der Waals surface area contributed by atoms with Gasteiger partial charge in [-0.3, -0.25) is 0 Å². The lowest BCUT2D eigenvalue weighted by atomic mass is 10.2. The Kier molecular flexibility index (Phi) is 7.65. The van der Waals surface area contributed by atoms with Gasteiger partial charge in [0.15, 0.2) is 0 Å². The normalized spacial score (nSPS) is 9.81. The molecule has 2 aromatic carbocycles. The zero-order valence-corrected chi connectivity index (χ0v) is 13.2. The highest BCUT2D eigenvalue weighted by Gasteiger charge is 1.97. The van der Waals surface area contributed by atoms with Gasteiger partial charge >= 0.3 is 0 Å². The first kappa shape index (κ1) is 17.3. The molecule has 0 unspecified atom stereocenters. The Morgan fingerprint density at radius 1 is 0.810 bits per heavy atom. The molecule has 2 aromatic rings. The van der Waals surface area contributed by atoms with E-state index in [-0.39, 0.29) is 12.4 Å². The van der Waals surface area contributed by atoms with Crippen LogP contribution in [-0.2, 0) is 13.1 Å². The lowest BCUT2D eigenvalue weighted by molar-refractivity contribution is -0.00000502. The van der Waals surface area contributed by atoms with E-state index in [9.17, 15) is 0 Å². The molecule has 0 heterocycles. The second kappa shape index (κ2) is 9.27. The molecule has 3 nitrogen and oxygen atoms in total. The van der Waals surface area contributed by atoms with Crippen molar-refractivity contribution in [3.63, 3.8) is 0 Å². The number of benzene rings is 2. The maximum absolute atomic E-state index is 5.42. The average Bonchev–Trinajstić information content (AvgIpc) is 2.50. The maximum Gasteiger partial charge on any atom is 0.119 e. The molecule has 0 fully saturated rings. The van der Waals surface area contributed by atoms with Crippen molar-refractivity contribution in [2.75, 3.05) is 13.7 Å². The number of methoxy groups -OCH3 is 1. The van der Waals surface area contributed by atoms with Gasteiger partial charge in [-0.25, -0.2) is 0 Å². The summed E-state index contributed by atoms with van der Waals surface area (Å²) in [6.45, 7) is 4.38. The number of rotatable bonds is 7. The third-order valence-corrected chi connectivity index (χ3v) is 3.05. The van der Waals surface area contributed by atoms with Crippen LogP contribution in [0.2, 0.25) is 0 Å². The molecular formula is C17H21ClNO2-. The average molecular weight is 307 g/mol. The molecule has 0 aliphatic carbocycles. The minimum Gasteiger partial charge on any atom is -1.00 e. The highest BCUT2D eigenvalue weighted by atomic mass is 35.5. The molecule has 0 aromatic heterocycles. The Morgan fingerprint density at radius 3 is 1.71 bits per heavy atom. The van der Waals surface area contributed by atoms with Gasteiger partial charge in [0.2, 0.25) is 0 Å². The second-order valence-corrected chi connectivity index (χ2v) is 4.53. The van der Waals surface area contributed by atoms with E-state index in [1.165, 1.54) is 11.1 Å². The van der Waals surface area contributed by atoms with Crippen molar-refractivity contribution in [3.05, 3.63) is 59.7 Å². The van der Waals surface area contributed by atoms with Gasteiger partial charge in [0.1, 0.15) is 11.5 Å². The minimum atomic E-state index is 0. The Morgan fingerprint density at radius 2 is 1.29 bits per heavy atom. The van der Waals surface area contributed by atoms with Gasteiger partial charge in [0.25, 0.3) is 0 Å². The molecule has 114 valence electrons. The quantitative estimate of drug-likeness (QED) is 0.803. The van der Waals surface area contributed by atoms with Gasteiger partial charge in [0, 0.05) is 13.1 Å². The van der Waals surface area contributed by atoms with Crippen molar-refractivity contribution in [3.8, 4) is 11.5 Å². The zero-order chi connectivity index (χ0) is 14.2. The highest BCUT2D eigenvalue weighted by Crippen LogP contribution is 2.13. The van der Waals surface area contributed by atoms with Crippen LogP contribution in [0.4, 0.5) is 0 Å². The van der Waals surface area contributed by atoms with Crippen LogP contribution in [0.25, 0.3) is 0 Å². The van der Waals surface area contributed by atoms with Crippen molar-refractivity contribution in [1.82, 2.24) is 5.32 Å². The molecule has 21 heavy (non-hydrogen) atoms. The monoisotopic (exact) mass is 306 g/mol. The molecule has 0 spiro atoms. The number of hydrogen-bond acceptors (Lipinski definition) is 3. The van der Waals surface area contributed by atoms with E-state index in [1.807, 2.05) is 31.2 Å². The molecule has 0 amide bonds. The van der Waals surface area contributed by atoms with Gasteiger partial charge in [-0.15, -0.1) is 0 Å². The van der Waals surface area contributed by atoms with E-state index in [2.05, 4.69) is 29.6 Å². The Labute approximate surface area is 132 Å². The minimum absolute atomic E-state index is 0. The van der Waals surface area contributed by atoms with Crippen molar-refractivity contribution in [2.45, 2.75) is 20.0 Å². The van der Waals surface area contributed by atoms with Crippen LogP contribution >= 0.6 is 0 Å². The van der Waals surface area contributed by atoms with Crippen LogP contribution < -0.4 is 27.2 Å². The van der Waals surface area contributed by atoms with E-state index >= 15 is 0 Å². The predicted molar refractivity (Wildman–Crippen MR) is 81.1 cm³/mol. The SMILES string of the molecule is CCOc1ccc(CNCc2ccc(OC)cc2)cc1.[Cl-]. The smallest absolute Gasteiger partial charge is 0.119 e. The van der Waals surface area contributed by atoms with E-state index in [0.29, 0.717) is 6.61 Å². The summed E-state index contributed by atoms with van der Waals surface area (Å²) in [6.07, 6.45) is 0. The van der Waals surface area contributed by atoms with Gasteiger partial charge in [-0.05, 0) is 42.3 Å². The first-order valence-electron chi connectivity index (χ1n) is 6.87. The van der Waals surface area contributed by atoms with Gasteiger partial charge in [0.05, 0.1) is 13.7 Å². The van der Waals surface area contributed by atoms with Crippen LogP contribution in [0.3, 0.4) is 0 Å². The molecule has 4 heteroatoms. The summed E-state index contributed by atoms with van der Waals surface area (Å²) in [7, 11) is 1.68. The number of nitrogens with one attached hydrogen (secondary N) is 1. The number of ether oxygens (including phenoxy) is 2. The standard InChI is InChI=1S/C17H21NO2.ClH/c1-3-20-17-10-6-15(7-11-17)13-18-12-14-4-8-16(19-2)9-5-14;/h4-11,18H,3,12-13H2,1-2H3;1H/p-1. The molecule has 0 bridgehead atoms. The zero-order valence-electron chi connectivity index (χ0n) is 12.4. The van der Waals surface area contributed by atoms with E-state index < -0.39 is 0 Å². The molecule has 0 radical (unpaired) electrons. The molecule has 2 rings (SSSR count). The highest BCUT2D eigenvalue weighted by molar-refractivity contribution is 5.28. The molecule has 0 saturated carbocycles.